The number of carbonyl (C=O) groups is 1. The van der Waals surface area contributed by atoms with E-state index >= 15 is 0 Å². The summed E-state index contributed by atoms with van der Waals surface area (Å²) in [6, 6.07) is 0. The predicted molar refractivity (Wildman–Crippen MR) is 70.5 cm³/mol. The molecule has 0 amide bonds. The number of rotatable bonds is 6. The van der Waals surface area contributed by atoms with Crippen LogP contribution in [0.5, 0.6) is 0 Å². The highest BCUT2D eigenvalue weighted by molar-refractivity contribution is 7.95. The number of hydrogen-bond donors (Lipinski definition) is 2. The molecule has 2 N–H and O–H groups in total. The Bertz CT molecular complexity index is 738. The van der Waals surface area contributed by atoms with Crippen molar-refractivity contribution >= 4 is 25.8 Å². The predicted octanol–water partition coefficient (Wildman–Crippen LogP) is -2.03. The lowest BCUT2D eigenvalue weighted by Crippen LogP contribution is -2.34. The van der Waals surface area contributed by atoms with Crippen LogP contribution in [0, 0.1) is 0 Å². The highest BCUT2D eigenvalue weighted by Crippen LogP contribution is 2.18. The molecule has 1 unspecified atom stereocenters. The van der Waals surface area contributed by atoms with E-state index in [1.807, 2.05) is 0 Å². The van der Waals surface area contributed by atoms with Crippen LogP contribution in [0.3, 0.4) is 0 Å². The molecule has 2 rings (SSSR count). The smallest absolute Gasteiger partial charge is 0.325 e. The van der Waals surface area contributed by atoms with Gasteiger partial charge in [-0.1, -0.05) is 5.21 Å². The molecule has 1 aliphatic heterocycles. The van der Waals surface area contributed by atoms with Crippen LogP contribution in [0.2, 0.25) is 0 Å². The van der Waals surface area contributed by atoms with E-state index in [4.69, 9.17) is 5.11 Å². The first-order valence-electron chi connectivity index (χ1n) is 5.98. The highest BCUT2D eigenvalue weighted by atomic mass is 32.2. The van der Waals surface area contributed by atoms with Gasteiger partial charge in [0.25, 0.3) is 0 Å². The summed E-state index contributed by atoms with van der Waals surface area (Å²) in [4.78, 5) is 10.5. The third-order valence-corrected chi connectivity index (χ3v) is 6.77. The Kier molecular flexibility index (Phi) is 4.30. The van der Waals surface area contributed by atoms with Crippen LogP contribution in [-0.2, 0) is 37.7 Å². The molecule has 0 saturated carbocycles. The maximum atomic E-state index is 12.0. The standard InChI is InChI=1S/C9H14N4O6S2/c14-9(15)5-13-4-7(11-12-13)3-10-21(18,19)8-1-2-20(16,17)6-8/h4,8,10H,1-3,5-6H2,(H,14,15). The summed E-state index contributed by atoms with van der Waals surface area (Å²) in [7, 11) is -7.05. The Morgan fingerprint density at radius 1 is 1.52 bits per heavy atom. The van der Waals surface area contributed by atoms with Gasteiger partial charge < -0.3 is 5.11 Å². The normalized spacial score (nSPS) is 21.4. The minimum absolute atomic E-state index is 0.0728. The van der Waals surface area contributed by atoms with Gasteiger partial charge in [0.1, 0.15) is 6.54 Å². The number of hydrogen-bond acceptors (Lipinski definition) is 7. The average Bonchev–Trinajstić information content (AvgIpc) is 2.93. The number of carboxylic acid groups (broad SMARTS) is 1. The van der Waals surface area contributed by atoms with Gasteiger partial charge in [0.05, 0.1) is 35.2 Å². The molecule has 1 atom stereocenters. The van der Waals surface area contributed by atoms with E-state index in [2.05, 4.69) is 15.0 Å². The average molecular weight is 338 g/mol. The second-order valence-corrected chi connectivity index (χ2v) is 8.97. The highest BCUT2D eigenvalue weighted by Gasteiger charge is 2.36. The van der Waals surface area contributed by atoms with Crippen LogP contribution in [0.1, 0.15) is 12.1 Å². The van der Waals surface area contributed by atoms with E-state index in [0.29, 0.717) is 0 Å². The van der Waals surface area contributed by atoms with Gasteiger partial charge in [-0.3, -0.25) is 4.79 Å². The van der Waals surface area contributed by atoms with Crippen molar-refractivity contribution in [3.05, 3.63) is 11.9 Å². The zero-order valence-electron chi connectivity index (χ0n) is 10.8. The monoisotopic (exact) mass is 338 g/mol. The van der Waals surface area contributed by atoms with Gasteiger partial charge in [-0.25, -0.2) is 26.2 Å². The van der Waals surface area contributed by atoms with Gasteiger partial charge >= 0.3 is 5.97 Å². The number of aromatic nitrogens is 3. The molecule has 0 aliphatic carbocycles. The molecule has 118 valence electrons. The van der Waals surface area contributed by atoms with Gasteiger partial charge in [-0.05, 0) is 6.42 Å². The Morgan fingerprint density at radius 3 is 2.81 bits per heavy atom. The molecule has 0 bridgehead atoms. The first-order chi connectivity index (χ1) is 9.68. The van der Waals surface area contributed by atoms with E-state index in [1.54, 1.807) is 0 Å². The Balaban J connectivity index is 1.96. The van der Waals surface area contributed by atoms with Gasteiger partial charge in [-0.15, -0.1) is 5.10 Å². The summed E-state index contributed by atoms with van der Waals surface area (Å²) in [5.41, 5.74) is 0.251. The number of carboxylic acids is 1. The summed E-state index contributed by atoms with van der Waals surface area (Å²) < 4.78 is 49.8. The lowest BCUT2D eigenvalue weighted by molar-refractivity contribution is -0.137. The molecule has 0 aromatic carbocycles. The zero-order chi connectivity index (χ0) is 15.7. The number of sulfone groups is 1. The van der Waals surface area contributed by atoms with Crippen molar-refractivity contribution in [2.75, 3.05) is 11.5 Å². The summed E-state index contributed by atoms with van der Waals surface area (Å²) >= 11 is 0. The first kappa shape index (κ1) is 15.9. The molecular weight excluding hydrogens is 324 g/mol. The lowest BCUT2D eigenvalue weighted by Gasteiger charge is -2.09. The first-order valence-corrected chi connectivity index (χ1v) is 9.34. The Labute approximate surface area is 121 Å². The van der Waals surface area contributed by atoms with Gasteiger partial charge in [-0.2, -0.15) is 0 Å². The van der Waals surface area contributed by atoms with Crippen molar-refractivity contribution in [2.24, 2.45) is 0 Å². The van der Waals surface area contributed by atoms with Crippen LogP contribution in [-0.4, -0.2) is 59.7 Å². The van der Waals surface area contributed by atoms with Crippen molar-refractivity contribution in [2.45, 2.75) is 24.8 Å². The zero-order valence-corrected chi connectivity index (χ0v) is 12.5. The van der Waals surface area contributed by atoms with Crippen molar-refractivity contribution in [1.29, 1.82) is 0 Å². The Morgan fingerprint density at radius 2 is 2.24 bits per heavy atom. The lowest BCUT2D eigenvalue weighted by atomic mass is 10.4. The summed E-state index contributed by atoms with van der Waals surface area (Å²) in [5.74, 6) is -1.61. The molecule has 0 radical (unpaired) electrons. The third kappa shape index (κ3) is 4.22. The molecule has 12 heteroatoms. The quantitative estimate of drug-likeness (QED) is 0.603. The van der Waals surface area contributed by atoms with Gasteiger partial charge in [0, 0.05) is 0 Å². The molecule has 21 heavy (non-hydrogen) atoms. The maximum Gasteiger partial charge on any atom is 0.325 e. The second-order valence-electron chi connectivity index (χ2n) is 4.69. The van der Waals surface area contributed by atoms with Gasteiger partial charge in [0.2, 0.25) is 10.0 Å². The van der Waals surface area contributed by atoms with Crippen molar-refractivity contribution in [1.82, 2.24) is 19.7 Å². The fourth-order valence-electron chi connectivity index (χ4n) is 1.93. The van der Waals surface area contributed by atoms with Crippen LogP contribution in [0.25, 0.3) is 0 Å². The SMILES string of the molecule is O=C(O)Cn1cc(CNS(=O)(=O)C2CCS(=O)(=O)C2)nn1. The van der Waals surface area contributed by atoms with E-state index in [-0.39, 0.29) is 36.7 Å². The maximum absolute atomic E-state index is 12.0. The van der Waals surface area contributed by atoms with E-state index in [1.165, 1.54) is 6.20 Å². The summed E-state index contributed by atoms with van der Waals surface area (Å²) in [6.45, 7) is -0.543. The van der Waals surface area contributed by atoms with Crippen molar-refractivity contribution in [3.63, 3.8) is 0 Å². The molecular formula is C9H14N4O6S2. The van der Waals surface area contributed by atoms with Crippen LogP contribution in [0.4, 0.5) is 0 Å². The van der Waals surface area contributed by atoms with E-state index in [0.717, 1.165) is 4.68 Å². The van der Waals surface area contributed by atoms with Crippen LogP contribution >= 0.6 is 0 Å². The van der Waals surface area contributed by atoms with Crippen LogP contribution < -0.4 is 4.72 Å². The number of aliphatic carboxylic acids is 1. The fourth-order valence-corrected chi connectivity index (χ4v) is 5.98. The molecule has 10 nitrogen and oxygen atoms in total. The van der Waals surface area contributed by atoms with Crippen molar-refractivity contribution in [3.8, 4) is 0 Å². The van der Waals surface area contributed by atoms with E-state index < -0.39 is 31.1 Å². The second kappa shape index (κ2) is 5.69. The molecule has 1 aromatic rings. The molecule has 0 spiro atoms. The summed E-state index contributed by atoms with van der Waals surface area (Å²) in [6.07, 6.45) is 1.38. The molecule has 1 saturated heterocycles. The minimum Gasteiger partial charge on any atom is -0.480 e. The summed E-state index contributed by atoms with van der Waals surface area (Å²) in [5, 5.41) is 14.8. The third-order valence-electron chi connectivity index (χ3n) is 2.97. The van der Waals surface area contributed by atoms with E-state index in [9.17, 15) is 21.6 Å². The molecule has 1 aromatic heterocycles. The minimum atomic E-state index is -3.77. The van der Waals surface area contributed by atoms with Gasteiger partial charge in [0.15, 0.2) is 9.84 Å². The number of nitrogens with one attached hydrogen (secondary N) is 1. The molecule has 1 fully saturated rings. The molecule has 1 aliphatic rings. The topological polar surface area (TPSA) is 148 Å². The number of sulfonamides is 1. The largest absolute Gasteiger partial charge is 0.480 e. The van der Waals surface area contributed by atoms with Crippen molar-refractivity contribution < 1.29 is 26.7 Å². The fraction of sp³-hybridized carbons (Fsp3) is 0.667. The number of nitrogens with zero attached hydrogens (tertiary/aromatic N) is 3. The van der Waals surface area contributed by atoms with Crippen LogP contribution in [0.15, 0.2) is 6.20 Å². The molecule has 2 heterocycles. The Hall–Kier alpha value is -1.53.